The summed E-state index contributed by atoms with van der Waals surface area (Å²) in [7, 11) is 0. The van der Waals surface area contributed by atoms with Gasteiger partial charge in [-0.15, -0.1) is 0 Å². The molecule has 1 aromatic carbocycles. The molecule has 1 aromatic heterocycles. The first-order valence-electron chi connectivity index (χ1n) is 8.34. The number of nitrogens with one attached hydrogen (secondary N) is 3. The fraction of sp³-hybridized carbons (Fsp3) is 0.389. The molecule has 2 rings (SSSR count). The Kier molecular flexibility index (Phi) is 6.56. The Morgan fingerprint density at radius 3 is 2.52 bits per heavy atom. The van der Waals surface area contributed by atoms with Gasteiger partial charge in [-0.2, -0.15) is 0 Å². The van der Waals surface area contributed by atoms with Crippen LogP contribution in [0.2, 0.25) is 0 Å². The van der Waals surface area contributed by atoms with E-state index >= 15 is 0 Å². The molecule has 0 spiro atoms. The van der Waals surface area contributed by atoms with Gasteiger partial charge in [0.2, 0.25) is 5.91 Å². The van der Waals surface area contributed by atoms with Crippen LogP contribution in [0.5, 0.6) is 0 Å². The summed E-state index contributed by atoms with van der Waals surface area (Å²) in [6, 6.07) is 8.77. The summed E-state index contributed by atoms with van der Waals surface area (Å²) >= 11 is 0. The molecule has 7 heteroatoms. The average Bonchev–Trinajstić information content (AvgIpc) is 3.02. The van der Waals surface area contributed by atoms with E-state index in [9.17, 15) is 9.59 Å². The van der Waals surface area contributed by atoms with E-state index < -0.39 is 0 Å². The number of rotatable bonds is 7. The van der Waals surface area contributed by atoms with Crippen LogP contribution in [0.15, 0.2) is 34.9 Å². The highest BCUT2D eigenvalue weighted by Crippen LogP contribution is 2.10. The van der Waals surface area contributed by atoms with Crippen LogP contribution in [-0.2, 0) is 24.2 Å². The van der Waals surface area contributed by atoms with E-state index in [0.29, 0.717) is 17.9 Å². The van der Waals surface area contributed by atoms with Gasteiger partial charge in [-0.3, -0.25) is 4.79 Å². The number of benzene rings is 1. The summed E-state index contributed by atoms with van der Waals surface area (Å²) in [4.78, 5) is 23.6. The lowest BCUT2D eigenvalue weighted by atomic mass is 10.1. The highest BCUT2D eigenvalue weighted by atomic mass is 16.5. The fourth-order valence-corrected chi connectivity index (χ4v) is 2.21. The highest BCUT2D eigenvalue weighted by Gasteiger charge is 2.07. The standard InChI is InChI=1S/C18H24N4O3/c1-4-14-10-16(25-22-14)11-19-18(24)21-15-7-5-13(6-8-15)9-17(23)20-12(2)3/h5-8,10,12H,4,9,11H2,1-3H3,(H,20,23)(H2,19,21,24). The second-order valence-corrected chi connectivity index (χ2v) is 6.04. The SMILES string of the molecule is CCc1cc(CNC(=O)Nc2ccc(CC(=O)NC(C)C)cc2)on1. The molecule has 0 aliphatic rings. The molecule has 7 nitrogen and oxygen atoms in total. The van der Waals surface area contributed by atoms with E-state index in [1.54, 1.807) is 12.1 Å². The maximum atomic E-state index is 11.9. The first-order chi connectivity index (χ1) is 12.0. The van der Waals surface area contributed by atoms with Gasteiger partial charge in [0, 0.05) is 17.8 Å². The van der Waals surface area contributed by atoms with E-state index in [-0.39, 0.29) is 24.5 Å². The molecular weight excluding hydrogens is 320 g/mol. The van der Waals surface area contributed by atoms with Crippen LogP contribution in [0.25, 0.3) is 0 Å². The van der Waals surface area contributed by atoms with E-state index in [0.717, 1.165) is 17.7 Å². The normalized spacial score (nSPS) is 10.6. The van der Waals surface area contributed by atoms with E-state index in [4.69, 9.17) is 4.52 Å². The van der Waals surface area contributed by atoms with E-state index in [1.165, 1.54) is 0 Å². The Bertz CT molecular complexity index is 707. The van der Waals surface area contributed by atoms with Crippen molar-refractivity contribution in [2.24, 2.45) is 0 Å². The molecule has 134 valence electrons. The lowest BCUT2D eigenvalue weighted by Gasteiger charge is -2.09. The van der Waals surface area contributed by atoms with Gasteiger partial charge < -0.3 is 20.5 Å². The second-order valence-electron chi connectivity index (χ2n) is 6.04. The minimum atomic E-state index is -0.334. The van der Waals surface area contributed by atoms with Crippen molar-refractivity contribution < 1.29 is 14.1 Å². The first-order valence-corrected chi connectivity index (χ1v) is 8.34. The van der Waals surface area contributed by atoms with Gasteiger partial charge in [0.25, 0.3) is 0 Å². The van der Waals surface area contributed by atoms with Crippen molar-refractivity contribution in [3.8, 4) is 0 Å². The third-order valence-corrected chi connectivity index (χ3v) is 3.42. The van der Waals surface area contributed by atoms with Crippen LogP contribution in [-0.4, -0.2) is 23.1 Å². The van der Waals surface area contributed by atoms with Crippen molar-refractivity contribution in [3.05, 3.63) is 47.3 Å². The molecule has 0 bridgehead atoms. The monoisotopic (exact) mass is 344 g/mol. The largest absolute Gasteiger partial charge is 0.359 e. The van der Waals surface area contributed by atoms with E-state index in [2.05, 4.69) is 21.1 Å². The summed E-state index contributed by atoms with van der Waals surface area (Å²) in [6.45, 7) is 6.10. The smallest absolute Gasteiger partial charge is 0.319 e. The molecular formula is C18H24N4O3. The van der Waals surface area contributed by atoms with Crippen molar-refractivity contribution in [3.63, 3.8) is 0 Å². The molecule has 0 aliphatic heterocycles. The Morgan fingerprint density at radius 2 is 1.92 bits per heavy atom. The molecule has 0 saturated carbocycles. The van der Waals surface area contributed by atoms with Crippen molar-refractivity contribution in [1.82, 2.24) is 15.8 Å². The molecule has 25 heavy (non-hydrogen) atoms. The summed E-state index contributed by atoms with van der Waals surface area (Å²) in [5.41, 5.74) is 2.39. The summed E-state index contributed by atoms with van der Waals surface area (Å²) in [6.07, 6.45) is 1.10. The van der Waals surface area contributed by atoms with Crippen LogP contribution < -0.4 is 16.0 Å². The maximum absolute atomic E-state index is 11.9. The van der Waals surface area contributed by atoms with Crippen LogP contribution in [0.3, 0.4) is 0 Å². The van der Waals surface area contributed by atoms with Crippen LogP contribution in [0.1, 0.15) is 37.8 Å². The van der Waals surface area contributed by atoms with Crippen molar-refractivity contribution in [2.45, 2.75) is 46.2 Å². The minimum Gasteiger partial charge on any atom is -0.359 e. The fourth-order valence-electron chi connectivity index (χ4n) is 2.21. The second kappa shape index (κ2) is 8.86. The number of anilines is 1. The zero-order chi connectivity index (χ0) is 18.2. The molecule has 0 aliphatic carbocycles. The number of hydrogen-bond acceptors (Lipinski definition) is 4. The molecule has 2 aromatic rings. The number of urea groups is 1. The van der Waals surface area contributed by atoms with Gasteiger partial charge in [0.05, 0.1) is 18.7 Å². The van der Waals surface area contributed by atoms with Gasteiger partial charge >= 0.3 is 6.03 Å². The van der Waals surface area contributed by atoms with Gasteiger partial charge in [-0.25, -0.2) is 4.79 Å². The third-order valence-electron chi connectivity index (χ3n) is 3.42. The topological polar surface area (TPSA) is 96.3 Å². The molecule has 0 radical (unpaired) electrons. The lowest BCUT2D eigenvalue weighted by Crippen LogP contribution is -2.31. The van der Waals surface area contributed by atoms with Gasteiger partial charge in [-0.1, -0.05) is 24.2 Å². The Morgan fingerprint density at radius 1 is 1.20 bits per heavy atom. The predicted molar refractivity (Wildman–Crippen MR) is 95.2 cm³/mol. The number of hydrogen-bond donors (Lipinski definition) is 3. The maximum Gasteiger partial charge on any atom is 0.319 e. The Balaban J connectivity index is 1.79. The minimum absolute atomic E-state index is 0.0213. The van der Waals surface area contributed by atoms with Crippen LogP contribution >= 0.6 is 0 Å². The van der Waals surface area contributed by atoms with E-state index in [1.807, 2.05) is 39.0 Å². The van der Waals surface area contributed by atoms with Crippen molar-refractivity contribution in [1.29, 1.82) is 0 Å². The highest BCUT2D eigenvalue weighted by molar-refractivity contribution is 5.89. The number of aromatic nitrogens is 1. The summed E-state index contributed by atoms with van der Waals surface area (Å²) in [5.74, 6) is 0.588. The molecule has 1 heterocycles. The average molecular weight is 344 g/mol. The number of nitrogens with zero attached hydrogens (tertiary/aromatic N) is 1. The zero-order valence-electron chi connectivity index (χ0n) is 14.8. The van der Waals surface area contributed by atoms with Gasteiger partial charge in [-0.05, 0) is 38.0 Å². The molecule has 3 amide bonds. The molecule has 3 N–H and O–H groups in total. The summed E-state index contributed by atoms with van der Waals surface area (Å²) < 4.78 is 5.11. The zero-order valence-corrected chi connectivity index (χ0v) is 14.8. The molecule has 0 atom stereocenters. The third kappa shape index (κ3) is 6.29. The van der Waals surface area contributed by atoms with Gasteiger partial charge in [0.1, 0.15) is 0 Å². The van der Waals surface area contributed by atoms with Crippen LogP contribution in [0.4, 0.5) is 10.5 Å². The first kappa shape index (κ1) is 18.5. The van der Waals surface area contributed by atoms with Crippen molar-refractivity contribution >= 4 is 17.6 Å². The predicted octanol–water partition coefficient (Wildman–Crippen LogP) is 2.63. The van der Waals surface area contributed by atoms with Crippen LogP contribution in [0, 0.1) is 0 Å². The number of carbonyl (C=O) groups is 2. The number of carbonyl (C=O) groups excluding carboxylic acids is 2. The van der Waals surface area contributed by atoms with Crippen molar-refractivity contribution in [2.75, 3.05) is 5.32 Å². The lowest BCUT2D eigenvalue weighted by molar-refractivity contribution is -0.120. The Hall–Kier alpha value is -2.83. The Labute approximate surface area is 147 Å². The number of aryl methyl sites for hydroxylation is 1. The molecule has 0 fully saturated rings. The summed E-state index contributed by atoms with van der Waals surface area (Å²) in [5, 5.41) is 12.2. The quantitative estimate of drug-likeness (QED) is 0.719. The molecule has 0 saturated heterocycles. The van der Waals surface area contributed by atoms with Gasteiger partial charge in [0.15, 0.2) is 5.76 Å². The molecule has 0 unspecified atom stereocenters. The number of amides is 3.